The Morgan fingerprint density at radius 1 is 1.23 bits per heavy atom. The molecule has 0 atom stereocenters. The smallest absolute Gasteiger partial charge is 0.268 e. The van der Waals surface area contributed by atoms with E-state index < -0.39 is 28.4 Å². The second-order valence-electron chi connectivity index (χ2n) is 6.09. The van der Waals surface area contributed by atoms with E-state index >= 15 is 0 Å². The van der Waals surface area contributed by atoms with Gasteiger partial charge >= 0.3 is 0 Å². The van der Waals surface area contributed by atoms with E-state index in [1.165, 1.54) is 12.1 Å². The predicted molar refractivity (Wildman–Crippen MR) is 93.1 cm³/mol. The van der Waals surface area contributed by atoms with E-state index in [1.54, 1.807) is 37.3 Å². The molecule has 1 aliphatic heterocycles. The average molecular weight is 376 g/mol. The van der Waals surface area contributed by atoms with Gasteiger partial charge < -0.3 is 5.32 Å². The molecule has 0 radical (unpaired) electrons. The van der Waals surface area contributed by atoms with E-state index in [0.717, 1.165) is 0 Å². The zero-order valence-electron chi connectivity index (χ0n) is 14.0. The molecule has 0 bridgehead atoms. The molecule has 0 spiro atoms. The molecule has 0 aromatic heterocycles. The number of rotatable bonds is 4. The lowest BCUT2D eigenvalue weighted by atomic mass is 10.1. The molecule has 0 aliphatic carbocycles. The fourth-order valence-electron chi connectivity index (χ4n) is 2.69. The van der Waals surface area contributed by atoms with Gasteiger partial charge in [0.25, 0.3) is 5.91 Å². The van der Waals surface area contributed by atoms with Gasteiger partial charge in [-0.3, -0.25) is 9.59 Å². The second-order valence-corrected chi connectivity index (χ2v) is 7.98. The van der Waals surface area contributed by atoms with Crippen LogP contribution in [0.3, 0.4) is 0 Å². The van der Waals surface area contributed by atoms with Gasteiger partial charge in [0.05, 0.1) is 5.75 Å². The van der Waals surface area contributed by atoms with E-state index in [4.69, 9.17) is 0 Å². The highest BCUT2D eigenvalue weighted by Crippen LogP contribution is 2.24. The summed E-state index contributed by atoms with van der Waals surface area (Å²) in [6, 6.07) is 11.0. The molecular formula is C18H17FN2O4S. The zero-order chi connectivity index (χ0) is 18.9. The van der Waals surface area contributed by atoms with Crippen LogP contribution in [0, 0.1) is 12.7 Å². The van der Waals surface area contributed by atoms with E-state index in [-0.39, 0.29) is 23.7 Å². The molecule has 2 aromatic rings. The maximum absolute atomic E-state index is 13.5. The number of hydrogen-bond acceptors (Lipinski definition) is 4. The first-order valence-corrected chi connectivity index (χ1v) is 9.53. The van der Waals surface area contributed by atoms with Crippen molar-refractivity contribution in [2.24, 2.45) is 0 Å². The summed E-state index contributed by atoms with van der Waals surface area (Å²) in [6.07, 6.45) is 0. The third kappa shape index (κ3) is 3.60. The maximum Gasteiger partial charge on any atom is 0.268 e. The van der Waals surface area contributed by atoms with Crippen molar-refractivity contribution in [1.29, 1.82) is 0 Å². The third-order valence-electron chi connectivity index (χ3n) is 4.16. The van der Waals surface area contributed by atoms with Gasteiger partial charge in [-0.2, -0.15) is 0 Å². The molecule has 1 N–H and O–H groups in total. The molecule has 26 heavy (non-hydrogen) atoms. The molecule has 1 heterocycles. The van der Waals surface area contributed by atoms with Gasteiger partial charge in [-0.15, -0.1) is 0 Å². The lowest BCUT2D eigenvalue weighted by Gasteiger charge is -2.27. The lowest BCUT2D eigenvalue weighted by molar-refractivity contribution is -0.121. The fraction of sp³-hybridized carbons (Fsp3) is 0.222. The van der Waals surface area contributed by atoms with Crippen LogP contribution in [0.1, 0.15) is 27.0 Å². The predicted octanol–water partition coefficient (Wildman–Crippen LogP) is 1.74. The monoisotopic (exact) mass is 376 g/mol. The van der Waals surface area contributed by atoms with Crippen LogP contribution in [0.4, 0.5) is 4.39 Å². The number of halogens is 1. The van der Waals surface area contributed by atoms with Crippen LogP contribution >= 0.6 is 0 Å². The number of nitrogens with one attached hydrogen (secondary N) is 1. The van der Waals surface area contributed by atoms with Crippen LogP contribution in [0.15, 0.2) is 42.5 Å². The minimum absolute atomic E-state index is 0.0364. The van der Waals surface area contributed by atoms with Crippen LogP contribution in [0.2, 0.25) is 0 Å². The molecule has 2 aromatic carbocycles. The van der Waals surface area contributed by atoms with Crippen LogP contribution in [-0.4, -0.2) is 31.1 Å². The van der Waals surface area contributed by atoms with E-state index in [1.807, 2.05) is 0 Å². The quantitative estimate of drug-likeness (QED) is 0.881. The molecule has 0 saturated carbocycles. The normalized spacial score (nSPS) is 15.5. The Labute approximate surface area is 150 Å². The third-order valence-corrected chi connectivity index (χ3v) is 5.80. The standard InChI is InChI=1S/C18H17FN2O4S/c1-12-6-7-13(8-16(12)19)9-20-17(22)10-21-18(23)15-5-3-2-4-14(15)11-26(21,24)25/h2-8H,9-11H2,1H3,(H,20,22). The number of aryl methyl sites for hydroxylation is 1. The summed E-state index contributed by atoms with van der Waals surface area (Å²) in [5.74, 6) is -2.07. The SMILES string of the molecule is Cc1ccc(CNC(=O)CN2C(=O)c3ccccc3CS2(=O)=O)cc1F. The average Bonchev–Trinajstić information content (AvgIpc) is 2.59. The van der Waals surface area contributed by atoms with Crippen LogP contribution in [0.5, 0.6) is 0 Å². The van der Waals surface area contributed by atoms with Gasteiger partial charge in [0.2, 0.25) is 15.9 Å². The number of hydrogen-bond donors (Lipinski definition) is 1. The molecule has 0 fully saturated rings. The minimum atomic E-state index is -3.91. The highest BCUT2D eigenvalue weighted by atomic mass is 32.2. The number of sulfonamides is 1. The summed E-state index contributed by atoms with van der Waals surface area (Å²) >= 11 is 0. The Morgan fingerprint density at radius 3 is 2.69 bits per heavy atom. The first-order valence-electron chi connectivity index (χ1n) is 7.92. The lowest BCUT2D eigenvalue weighted by Crippen LogP contribution is -2.47. The minimum Gasteiger partial charge on any atom is -0.350 e. The number of amides is 2. The van der Waals surface area contributed by atoms with Crippen LogP contribution < -0.4 is 5.32 Å². The van der Waals surface area contributed by atoms with Crippen molar-refractivity contribution in [1.82, 2.24) is 9.62 Å². The second kappa shape index (κ2) is 6.87. The topological polar surface area (TPSA) is 83.6 Å². The van der Waals surface area contributed by atoms with Crippen LogP contribution in [0.25, 0.3) is 0 Å². The summed E-state index contributed by atoms with van der Waals surface area (Å²) in [7, 11) is -3.91. The molecule has 2 amide bonds. The van der Waals surface area contributed by atoms with E-state index in [0.29, 0.717) is 21.0 Å². The molecule has 8 heteroatoms. The molecule has 0 unspecified atom stereocenters. The number of nitrogens with zero attached hydrogens (tertiary/aromatic N) is 1. The molecule has 3 rings (SSSR count). The Kier molecular flexibility index (Phi) is 4.78. The highest BCUT2D eigenvalue weighted by molar-refractivity contribution is 7.89. The van der Waals surface area contributed by atoms with Gasteiger partial charge in [0.1, 0.15) is 12.4 Å². The molecule has 136 valence electrons. The zero-order valence-corrected chi connectivity index (χ0v) is 14.8. The summed E-state index contributed by atoms with van der Waals surface area (Å²) in [4.78, 5) is 24.6. The summed E-state index contributed by atoms with van der Waals surface area (Å²) < 4.78 is 38.8. The van der Waals surface area contributed by atoms with Crippen molar-refractivity contribution in [2.45, 2.75) is 19.2 Å². The van der Waals surface area contributed by atoms with Crippen molar-refractivity contribution < 1.29 is 22.4 Å². The number of benzene rings is 2. The van der Waals surface area contributed by atoms with Crippen LogP contribution in [-0.2, 0) is 27.1 Å². The fourth-order valence-corrected chi connectivity index (χ4v) is 4.16. The first kappa shape index (κ1) is 18.1. The highest BCUT2D eigenvalue weighted by Gasteiger charge is 2.36. The maximum atomic E-state index is 13.5. The van der Waals surface area contributed by atoms with Gasteiger partial charge in [-0.1, -0.05) is 30.3 Å². The Balaban J connectivity index is 1.70. The van der Waals surface area contributed by atoms with E-state index in [9.17, 15) is 22.4 Å². The van der Waals surface area contributed by atoms with Crippen molar-refractivity contribution >= 4 is 21.8 Å². The number of carbonyl (C=O) groups is 2. The summed E-state index contributed by atoms with van der Waals surface area (Å²) in [5, 5.41) is 2.51. The Morgan fingerprint density at radius 2 is 1.96 bits per heavy atom. The Bertz CT molecular complexity index is 988. The van der Waals surface area contributed by atoms with Crippen molar-refractivity contribution in [3.63, 3.8) is 0 Å². The first-order chi connectivity index (χ1) is 12.3. The van der Waals surface area contributed by atoms with Crippen molar-refractivity contribution in [3.8, 4) is 0 Å². The van der Waals surface area contributed by atoms with Crippen molar-refractivity contribution in [2.75, 3.05) is 6.54 Å². The van der Waals surface area contributed by atoms with Gasteiger partial charge in [0.15, 0.2) is 0 Å². The molecular weight excluding hydrogens is 359 g/mol. The summed E-state index contributed by atoms with van der Waals surface area (Å²) in [5.41, 5.74) is 1.73. The van der Waals surface area contributed by atoms with Gasteiger partial charge in [-0.05, 0) is 35.7 Å². The Hall–Kier alpha value is -2.74. The molecule has 0 saturated heterocycles. The van der Waals surface area contributed by atoms with Crippen molar-refractivity contribution in [3.05, 3.63) is 70.5 Å². The van der Waals surface area contributed by atoms with E-state index in [2.05, 4.69) is 5.32 Å². The number of carbonyl (C=O) groups excluding carboxylic acids is 2. The van der Waals surface area contributed by atoms with Gasteiger partial charge in [0, 0.05) is 12.1 Å². The summed E-state index contributed by atoms with van der Waals surface area (Å²) in [6.45, 7) is 1.06. The number of fused-ring (bicyclic) bond motifs is 1. The van der Waals surface area contributed by atoms with Gasteiger partial charge in [-0.25, -0.2) is 17.1 Å². The largest absolute Gasteiger partial charge is 0.350 e. The molecule has 6 nitrogen and oxygen atoms in total. The molecule has 1 aliphatic rings.